The lowest BCUT2D eigenvalue weighted by atomic mass is 10.1. The van der Waals surface area contributed by atoms with Gasteiger partial charge in [-0.15, -0.1) is 0 Å². The molecule has 1 aromatic rings. The monoisotopic (exact) mass is 236 g/mol. The van der Waals surface area contributed by atoms with E-state index in [4.69, 9.17) is 10.8 Å². The fourth-order valence-electron chi connectivity index (χ4n) is 2.06. The van der Waals surface area contributed by atoms with Gasteiger partial charge < -0.3 is 15.7 Å². The Morgan fingerprint density at radius 2 is 2.06 bits per heavy atom. The molecule has 0 bridgehead atoms. The molecule has 0 aromatic heterocycles. The van der Waals surface area contributed by atoms with Crippen molar-refractivity contribution in [1.82, 2.24) is 0 Å². The molecule has 0 fully saturated rings. The summed E-state index contributed by atoms with van der Waals surface area (Å²) >= 11 is 0. The summed E-state index contributed by atoms with van der Waals surface area (Å²) in [7, 11) is 0. The number of benzene rings is 1. The van der Waals surface area contributed by atoms with Crippen LogP contribution in [0.25, 0.3) is 0 Å². The van der Waals surface area contributed by atoms with Gasteiger partial charge in [0.15, 0.2) is 0 Å². The van der Waals surface area contributed by atoms with Crippen LogP contribution in [0.4, 0.5) is 5.69 Å². The molecule has 0 heterocycles. The molecular weight excluding hydrogens is 212 g/mol. The average molecular weight is 236 g/mol. The molecule has 0 unspecified atom stereocenters. The van der Waals surface area contributed by atoms with E-state index in [1.165, 1.54) is 11.3 Å². The fraction of sp³-hybridized carbons (Fsp3) is 0.571. The van der Waals surface area contributed by atoms with Crippen LogP contribution in [-0.2, 0) is 6.54 Å². The zero-order chi connectivity index (χ0) is 12.8. The molecule has 0 radical (unpaired) electrons. The van der Waals surface area contributed by atoms with Crippen molar-refractivity contribution >= 4 is 5.69 Å². The highest BCUT2D eigenvalue weighted by Crippen LogP contribution is 2.23. The number of rotatable bonds is 6. The zero-order valence-electron chi connectivity index (χ0n) is 11.1. The number of aliphatic hydroxyl groups is 1. The molecule has 0 atom stereocenters. The summed E-state index contributed by atoms with van der Waals surface area (Å²) in [4.78, 5) is 2.33. The molecule has 0 spiro atoms. The second kappa shape index (κ2) is 6.62. The molecular formula is C14H24N2O. The first-order valence-electron chi connectivity index (χ1n) is 6.27. The van der Waals surface area contributed by atoms with Crippen LogP contribution in [-0.4, -0.2) is 24.3 Å². The van der Waals surface area contributed by atoms with E-state index in [-0.39, 0.29) is 6.61 Å². The highest BCUT2D eigenvalue weighted by molar-refractivity contribution is 5.55. The Hall–Kier alpha value is -1.06. The molecule has 3 N–H and O–H groups in total. The molecule has 0 amide bonds. The molecule has 0 aliphatic rings. The summed E-state index contributed by atoms with van der Waals surface area (Å²) in [5.41, 5.74) is 9.29. The van der Waals surface area contributed by atoms with E-state index in [0.717, 1.165) is 18.5 Å². The van der Waals surface area contributed by atoms with Gasteiger partial charge in [0.25, 0.3) is 0 Å². The van der Waals surface area contributed by atoms with Crippen molar-refractivity contribution in [2.24, 2.45) is 5.73 Å². The van der Waals surface area contributed by atoms with Gasteiger partial charge in [-0.3, -0.25) is 0 Å². The lowest BCUT2D eigenvalue weighted by Gasteiger charge is -2.30. The normalized spacial score (nSPS) is 10.9. The predicted molar refractivity (Wildman–Crippen MR) is 73.3 cm³/mol. The lowest BCUT2D eigenvalue weighted by molar-refractivity contribution is 0.288. The van der Waals surface area contributed by atoms with Crippen LogP contribution >= 0.6 is 0 Å². The fourth-order valence-corrected chi connectivity index (χ4v) is 2.06. The largest absolute Gasteiger partial charge is 0.396 e. The summed E-state index contributed by atoms with van der Waals surface area (Å²) in [6.07, 6.45) is 0.802. The Kier molecular flexibility index (Phi) is 5.45. The first kappa shape index (κ1) is 14.0. The smallest absolute Gasteiger partial charge is 0.0447 e. The van der Waals surface area contributed by atoms with Crippen LogP contribution in [0.5, 0.6) is 0 Å². The molecule has 0 saturated heterocycles. The number of hydrogen-bond donors (Lipinski definition) is 2. The number of hydrogen-bond acceptors (Lipinski definition) is 3. The van der Waals surface area contributed by atoms with E-state index in [2.05, 4.69) is 43.9 Å². The van der Waals surface area contributed by atoms with Crippen molar-refractivity contribution in [3.05, 3.63) is 29.3 Å². The Balaban J connectivity index is 2.93. The lowest BCUT2D eigenvalue weighted by Crippen LogP contribution is -2.32. The predicted octanol–water partition coefficient (Wildman–Crippen LogP) is 2.05. The van der Waals surface area contributed by atoms with Crippen LogP contribution in [0.2, 0.25) is 0 Å². The molecule has 1 aromatic carbocycles. The van der Waals surface area contributed by atoms with Gasteiger partial charge in [-0.05, 0) is 44.4 Å². The average Bonchev–Trinajstić information content (AvgIpc) is 2.30. The highest BCUT2D eigenvalue weighted by Gasteiger charge is 2.12. The van der Waals surface area contributed by atoms with Crippen molar-refractivity contribution in [2.45, 2.75) is 39.8 Å². The Morgan fingerprint density at radius 1 is 1.35 bits per heavy atom. The van der Waals surface area contributed by atoms with Crippen LogP contribution in [0.3, 0.4) is 0 Å². The van der Waals surface area contributed by atoms with Gasteiger partial charge in [0.05, 0.1) is 0 Å². The number of aryl methyl sites for hydroxylation is 1. The number of aliphatic hydroxyl groups excluding tert-OH is 1. The van der Waals surface area contributed by atoms with E-state index in [0.29, 0.717) is 12.6 Å². The van der Waals surface area contributed by atoms with Gasteiger partial charge in [0.1, 0.15) is 0 Å². The van der Waals surface area contributed by atoms with E-state index in [1.807, 2.05) is 0 Å². The van der Waals surface area contributed by atoms with Crippen molar-refractivity contribution in [2.75, 3.05) is 18.1 Å². The van der Waals surface area contributed by atoms with Gasteiger partial charge in [-0.1, -0.05) is 12.1 Å². The summed E-state index contributed by atoms with van der Waals surface area (Å²) in [6, 6.07) is 6.79. The highest BCUT2D eigenvalue weighted by atomic mass is 16.3. The second-order valence-corrected chi connectivity index (χ2v) is 4.69. The van der Waals surface area contributed by atoms with Crippen molar-refractivity contribution < 1.29 is 5.11 Å². The number of anilines is 1. The maximum absolute atomic E-state index is 8.95. The molecule has 96 valence electrons. The van der Waals surface area contributed by atoms with Crippen molar-refractivity contribution in [3.8, 4) is 0 Å². The zero-order valence-corrected chi connectivity index (χ0v) is 11.1. The first-order chi connectivity index (χ1) is 8.10. The SMILES string of the molecule is Cc1cc(CN)ccc1N(CCCO)C(C)C. The Morgan fingerprint density at radius 3 is 2.53 bits per heavy atom. The van der Waals surface area contributed by atoms with Gasteiger partial charge in [0.2, 0.25) is 0 Å². The van der Waals surface area contributed by atoms with E-state index >= 15 is 0 Å². The minimum atomic E-state index is 0.239. The van der Waals surface area contributed by atoms with E-state index < -0.39 is 0 Å². The van der Waals surface area contributed by atoms with Crippen LogP contribution in [0.1, 0.15) is 31.4 Å². The minimum absolute atomic E-state index is 0.239. The molecule has 3 heteroatoms. The summed E-state index contributed by atoms with van der Waals surface area (Å²) < 4.78 is 0. The maximum Gasteiger partial charge on any atom is 0.0447 e. The second-order valence-electron chi connectivity index (χ2n) is 4.69. The van der Waals surface area contributed by atoms with Gasteiger partial charge in [-0.25, -0.2) is 0 Å². The Bertz CT molecular complexity index is 350. The number of nitrogens with zero attached hydrogens (tertiary/aromatic N) is 1. The molecule has 1 rings (SSSR count). The standard InChI is InChI=1S/C14H24N2O/c1-11(2)16(7-4-8-17)14-6-5-13(10-15)9-12(14)3/h5-6,9,11,17H,4,7-8,10,15H2,1-3H3. The van der Waals surface area contributed by atoms with Gasteiger partial charge in [0, 0.05) is 31.4 Å². The van der Waals surface area contributed by atoms with E-state index in [9.17, 15) is 0 Å². The third-order valence-corrected chi connectivity index (χ3v) is 2.99. The van der Waals surface area contributed by atoms with Crippen LogP contribution < -0.4 is 10.6 Å². The molecule has 0 saturated carbocycles. The molecule has 17 heavy (non-hydrogen) atoms. The quantitative estimate of drug-likeness (QED) is 0.795. The summed E-state index contributed by atoms with van der Waals surface area (Å²) in [6.45, 7) is 8.17. The van der Waals surface area contributed by atoms with Gasteiger partial charge in [-0.2, -0.15) is 0 Å². The topological polar surface area (TPSA) is 49.5 Å². The van der Waals surface area contributed by atoms with Crippen molar-refractivity contribution in [3.63, 3.8) is 0 Å². The molecule has 0 aliphatic carbocycles. The number of nitrogens with two attached hydrogens (primary N) is 1. The Labute approximate surface area is 104 Å². The maximum atomic E-state index is 8.95. The van der Waals surface area contributed by atoms with Crippen LogP contribution in [0, 0.1) is 6.92 Å². The first-order valence-corrected chi connectivity index (χ1v) is 6.27. The summed E-state index contributed by atoms with van der Waals surface area (Å²) in [5, 5.41) is 8.95. The van der Waals surface area contributed by atoms with E-state index in [1.54, 1.807) is 0 Å². The third kappa shape index (κ3) is 3.72. The molecule has 3 nitrogen and oxygen atoms in total. The van der Waals surface area contributed by atoms with Crippen LogP contribution in [0.15, 0.2) is 18.2 Å². The molecule has 0 aliphatic heterocycles. The third-order valence-electron chi connectivity index (χ3n) is 2.99. The minimum Gasteiger partial charge on any atom is -0.396 e. The van der Waals surface area contributed by atoms with Gasteiger partial charge >= 0.3 is 0 Å². The van der Waals surface area contributed by atoms with Crippen molar-refractivity contribution in [1.29, 1.82) is 0 Å². The summed E-state index contributed by atoms with van der Waals surface area (Å²) in [5.74, 6) is 0.